The van der Waals surface area contributed by atoms with Crippen molar-refractivity contribution in [3.8, 4) is 0 Å². The molecule has 0 amide bonds. The van der Waals surface area contributed by atoms with Gasteiger partial charge in [-0.05, 0) is 31.3 Å². The third-order valence-corrected chi connectivity index (χ3v) is 3.90. The van der Waals surface area contributed by atoms with Gasteiger partial charge in [-0.3, -0.25) is 0 Å². The molecule has 16 heavy (non-hydrogen) atoms. The second kappa shape index (κ2) is 6.73. The van der Waals surface area contributed by atoms with Crippen LogP contribution in [0.1, 0.15) is 38.5 Å². The van der Waals surface area contributed by atoms with Crippen LogP contribution >= 0.6 is 0 Å². The van der Waals surface area contributed by atoms with Crippen molar-refractivity contribution in [1.29, 1.82) is 0 Å². The number of azide groups is 1. The number of hydrogen-bond donors (Lipinski definition) is 1. The second-order valence-corrected chi connectivity index (χ2v) is 5.84. The van der Waals surface area contributed by atoms with E-state index in [1.165, 1.54) is 32.1 Å². The van der Waals surface area contributed by atoms with Crippen molar-refractivity contribution in [2.75, 3.05) is 12.3 Å². The summed E-state index contributed by atoms with van der Waals surface area (Å²) in [5.41, 5.74) is 8.03. The van der Waals surface area contributed by atoms with Crippen molar-refractivity contribution >= 4 is 10.0 Å². The van der Waals surface area contributed by atoms with Gasteiger partial charge in [0.05, 0.1) is 5.75 Å². The van der Waals surface area contributed by atoms with E-state index in [-0.39, 0.29) is 5.75 Å². The number of nitrogens with one attached hydrogen (secondary N) is 1. The van der Waals surface area contributed by atoms with Crippen molar-refractivity contribution in [2.45, 2.75) is 44.6 Å². The van der Waals surface area contributed by atoms with Crippen molar-refractivity contribution in [3.63, 3.8) is 0 Å². The topological polar surface area (TPSA) is 94.9 Å². The molecule has 7 heteroatoms. The van der Waals surface area contributed by atoms with Gasteiger partial charge in [-0.1, -0.05) is 19.3 Å². The fraction of sp³-hybridized carbons (Fsp3) is 1.00. The standard InChI is InChI=1S/C9H18N4O2S/c10-12-13-16(14,15)8-4-7-11-9-5-2-1-3-6-9/h9,11H,1-8H2. The average molecular weight is 246 g/mol. The molecule has 0 saturated heterocycles. The maximum Gasteiger partial charge on any atom is 0.235 e. The van der Waals surface area contributed by atoms with Crippen molar-refractivity contribution in [1.82, 2.24) is 5.32 Å². The Hall–Kier alpha value is -0.780. The minimum absolute atomic E-state index is 0.0726. The van der Waals surface area contributed by atoms with E-state index in [1.54, 1.807) is 0 Å². The fourth-order valence-electron chi connectivity index (χ4n) is 1.96. The lowest BCUT2D eigenvalue weighted by molar-refractivity contribution is 0.374. The maximum atomic E-state index is 11.0. The van der Waals surface area contributed by atoms with Gasteiger partial charge in [-0.2, -0.15) is 0 Å². The molecule has 6 nitrogen and oxygen atoms in total. The van der Waals surface area contributed by atoms with Gasteiger partial charge in [0.15, 0.2) is 0 Å². The summed E-state index contributed by atoms with van der Waals surface area (Å²) in [4.78, 5) is 2.29. The molecule has 0 spiro atoms. The summed E-state index contributed by atoms with van der Waals surface area (Å²) in [6.45, 7) is 0.671. The smallest absolute Gasteiger partial charge is 0.235 e. The molecular weight excluding hydrogens is 228 g/mol. The first-order valence-corrected chi connectivity index (χ1v) is 7.27. The van der Waals surface area contributed by atoms with Crippen LogP contribution in [0.2, 0.25) is 0 Å². The zero-order chi connectivity index (χ0) is 11.9. The minimum Gasteiger partial charge on any atom is -0.314 e. The summed E-state index contributed by atoms with van der Waals surface area (Å²) in [6.07, 6.45) is 6.69. The highest BCUT2D eigenvalue weighted by Gasteiger charge is 2.12. The summed E-state index contributed by atoms with van der Waals surface area (Å²) in [6, 6.07) is 0.538. The van der Waals surface area contributed by atoms with E-state index >= 15 is 0 Å². The molecule has 0 radical (unpaired) electrons. The molecule has 1 saturated carbocycles. The van der Waals surface area contributed by atoms with Gasteiger partial charge in [0, 0.05) is 15.5 Å². The van der Waals surface area contributed by atoms with Crippen LogP contribution in [0.15, 0.2) is 4.52 Å². The Labute approximate surface area is 96.1 Å². The van der Waals surface area contributed by atoms with Gasteiger partial charge in [-0.15, -0.1) is 0 Å². The molecule has 1 N–H and O–H groups in total. The number of nitrogens with zero attached hydrogens (tertiary/aromatic N) is 3. The summed E-state index contributed by atoms with van der Waals surface area (Å²) >= 11 is 0. The quantitative estimate of drug-likeness (QED) is 0.336. The van der Waals surface area contributed by atoms with Crippen molar-refractivity contribution < 1.29 is 8.42 Å². The SMILES string of the molecule is [N-]=[N+]=NS(=O)(=O)CCCNC1CCCCC1. The minimum atomic E-state index is -3.57. The molecule has 1 aliphatic rings. The van der Waals surface area contributed by atoms with Gasteiger partial charge in [0.25, 0.3) is 0 Å². The predicted molar refractivity (Wildman–Crippen MR) is 62.4 cm³/mol. The normalized spacial score (nSPS) is 18.0. The molecule has 1 aliphatic carbocycles. The molecule has 0 unspecified atom stereocenters. The number of hydrogen-bond acceptors (Lipinski definition) is 3. The van der Waals surface area contributed by atoms with Crippen LogP contribution < -0.4 is 5.32 Å². The van der Waals surface area contributed by atoms with Gasteiger partial charge >= 0.3 is 0 Å². The molecule has 0 atom stereocenters. The molecule has 0 bridgehead atoms. The van der Waals surface area contributed by atoms with Crippen LogP contribution in [0, 0.1) is 0 Å². The van der Waals surface area contributed by atoms with Crippen LogP contribution in [0.4, 0.5) is 0 Å². The predicted octanol–water partition coefficient (Wildman–Crippen LogP) is 1.94. The van der Waals surface area contributed by atoms with Crippen LogP contribution in [0.25, 0.3) is 10.4 Å². The van der Waals surface area contributed by atoms with Crippen LogP contribution in [-0.2, 0) is 10.0 Å². The third-order valence-electron chi connectivity index (χ3n) is 2.78. The third kappa shape index (κ3) is 5.34. The zero-order valence-electron chi connectivity index (χ0n) is 9.30. The molecule has 92 valence electrons. The highest BCUT2D eigenvalue weighted by molar-refractivity contribution is 7.89. The van der Waals surface area contributed by atoms with Gasteiger partial charge in [0.2, 0.25) is 10.0 Å². The van der Waals surface area contributed by atoms with Crippen molar-refractivity contribution in [3.05, 3.63) is 10.4 Å². The monoisotopic (exact) mass is 246 g/mol. The highest BCUT2D eigenvalue weighted by atomic mass is 32.2. The van der Waals surface area contributed by atoms with Gasteiger partial charge < -0.3 is 5.32 Å². The summed E-state index contributed by atoms with van der Waals surface area (Å²) in [5, 5.41) is 3.34. The Morgan fingerprint density at radius 2 is 2.00 bits per heavy atom. The van der Waals surface area contributed by atoms with Gasteiger partial charge in [-0.25, -0.2) is 8.42 Å². The van der Waals surface area contributed by atoms with Gasteiger partial charge in [0.1, 0.15) is 0 Å². The van der Waals surface area contributed by atoms with E-state index in [1.807, 2.05) is 0 Å². The molecule has 0 aliphatic heterocycles. The van der Waals surface area contributed by atoms with E-state index in [4.69, 9.17) is 5.53 Å². The molecule has 0 heterocycles. The lowest BCUT2D eigenvalue weighted by atomic mass is 9.95. The zero-order valence-corrected chi connectivity index (χ0v) is 10.1. The van der Waals surface area contributed by atoms with Crippen LogP contribution in [0.5, 0.6) is 0 Å². The summed E-state index contributed by atoms with van der Waals surface area (Å²) in [5.74, 6) is -0.0726. The lowest BCUT2D eigenvalue weighted by Crippen LogP contribution is -2.32. The molecule has 1 rings (SSSR count). The lowest BCUT2D eigenvalue weighted by Gasteiger charge is -2.22. The average Bonchev–Trinajstić information content (AvgIpc) is 2.26. The van der Waals surface area contributed by atoms with E-state index < -0.39 is 10.0 Å². The molecular formula is C9H18N4O2S. The summed E-state index contributed by atoms with van der Waals surface area (Å²) in [7, 11) is -3.57. The molecule has 0 aromatic heterocycles. The molecule has 1 fully saturated rings. The Bertz CT molecular complexity index is 343. The van der Waals surface area contributed by atoms with E-state index in [9.17, 15) is 8.42 Å². The Morgan fingerprint density at radius 3 is 2.62 bits per heavy atom. The van der Waals surface area contributed by atoms with Crippen LogP contribution in [-0.4, -0.2) is 26.8 Å². The Kier molecular flexibility index (Phi) is 5.59. The first kappa shape index (κ1) is 13.3. The Balaban J connectivity index is 2.13. The number of sulfonamides is 1. The highest BCUT2D eigenvalue weighted by Crippen LogP contribution is 2.17. The number of rotatable bonds is 6. The van der Waals surface area contributed by atoms with E-state index in [0.29, 0.717) is 19.0 Å². The maximum absolute atomic E-state index is 11.0. The molecule has 0 aromatic carbocycles. The second-order valence-electron chi connectivity index (χ2n) is 4.10. The largest absolute Gasteiger partial charge is 0.314 e. The van der Waals surface area contributed by atoms with E-state index in [2.05, 4.69) is 14.7 Å². The first-order valence-electron chi connectivity index (χ1n) is 5.66. The first-order chi connectivity index (χ1) is 7.64. The van der Waals surface area contributed by atoms with E-state index in [0.717, 1.165) is 0 Å². The van der Waals surface area contributed by atoms with Crippen molar-refractivity contribution in [2.24, 2.45) is 4.52 Å². The fourth-order valence-corrected chi connectivity index (χ4v) is 2.67. The Morgan fingerprint density at radius 1 is 1.31 bits per heavy atom. The van der Waals surface area contributed by atoms with Crippen LogP contribution in [0.3, 0.4) is 0 Å². The summed E-state index contributed by atoms with van der Waals surface area (Å²) < 4.78 is 24.8. The molecule has 0 aromatic rings.